The predicted octanol–water partition coefficient (Wildman–Crippen LogP) is 3.09. The van der Waals surface area contributed by atoms with Gasteiger partial charge < -0.3 is 0 Å². The van der Waals surface area contributed by atoms with E-state index in [0.717, 1.165) is 21.8 Å². The molecule has 0 saturated heterocycles. The molecule has 1 aromatic heterocycles. The summed E-state index contributed by atoms with van der Waals surface area (Å²) in [5, 5.41) is 15.3. The molecule has 0 unspecified atom stereocenters. The molecular weight excluding hydrogens is 274 g/mol. The first-order valence-corrected chi connectivity index (χ1v) is 7.52. The first-order chi connectivity index (χ1) is 9.51. The molecule has 0 aliphatic carbocycles. The summed E-state index contributed by atoms with van der Waals surface area (Å²) < 4.78 is 1.74. The van der Waals surface area contributed by atoms with Crippen molar-refractivity contribution in [3.63, 3.8) is 0 Å². The number of aryl methyl sites for hydroxylation is 2. The lowest BCUT2D eigenvalue weighted by atomic mass is 10.1. The molecule has 5 nitrogen and oxygen atoms in total. The Hall–Kier alpha value is -1.82. The van der Waals surface area contributed by atoms with Crippen molar-refractivity contribution in [1.82, 2.24) is 9.78 Å². The minimum absolute atomic E-state index is 0.166. The van der Waals surface area contributed by atoms with Crippen LogP contribution in [-0.4, -0.2) is 27.5 Å². The van der Waals surface area contributed by atoms with Crippen LogP contribution in [0, 0.1) is 24.0 Å². The number of nitro groups is 1. The first-order valence-electron chi connectivity index (χ1n) is 6.29. The van der Waals surface area contributed by atoms with Crippen molar-refractivity contribution in [2.24, 2.45) is 0 Å². The molecule has 0 aliphatic rings. The zero-order valence-corrected chi connectivity index (χ0v) is 12.6. The third kappa shape index (κ3) is 3.19. The van der Waals surface area contributed by atoms with Crippen molar-refractivity contribution in [1.29, 1.82) is 0 Å². The third-order valence-electron chi connectivity index (χ3n) is 3.16. The summed E-state index contributed by atoms with van der Waals surface area (Å²) in [6, 6.07) is 9.42. The van der Waals surface area contributed by atoms with Gasteiger partial charge in [0.1, 0.15) is 6.04 Å². The van der Waals surface area contributed by atoms with E-state index >= 15 is 0 Å². The van der Waals surface area contributed by atoms with Crippen molar-refractivity contribution in [2.75, 3.05) is 12.8 Å². The monoisotopic (exact) mass is 291 g/mol. The van der Waals surface area contributed by atoms with E-state index in [2.05, 4.69) is 5.10 Å². The van der Waals surface area contributed by atoms with Crippen LogP contribution in [0.15, 0.2) is 35.2 Å². The molecule has 1 atom stereocenters. The number of benzene rings is 1. The number of aromatic nitrogens is 2. The van der Waals surface area contributed by atoms with Gasteiger partial charge in [-0.05, 0) is 43.9 Å². The Kier molecular flexibility index (Phi) is 4.44. The van der Waals surface area contributed by atoms with E-state index in [1.165, 1.54) is 0 Å². The molecule has 1 heterocycles. The van der Waals surface area contributed by atoms with Gasteiger partial charge in [-0.2, -0.15) is 5.10 Å². The molecule has 6 heteroatoms. The Balaban J connectivity index is 2.40. The predicted molar refractivity (Wildman–Crippen MR) is 79.9 cm³/mol. The molecule has 0 spiro atoms. The molecular formula is C14H17N3O2S. The van der Waals surface area contributed by atoms with Crippen molar-refractivity contribution < 1.29 is 4.92 Å². The molecule has 0 N–H and O–H groups in total. The van der Waals surface area contributed by atoms with Gasteiger partial charge in [0.05, 0.1) is 5.69 Å². The second-order valence-electron chi connectivity index (χ2n) is 4.68. The maximum atomic E-state index is 11.0. The van der Waals surface area contributed by atoms with Crippen LogP contribution in [0.5, 0.6) is 0 Å². The summed E-state index contributed by atoms with van der Waals surface area (Å²) in [6.07, 6.45) is 2.00. The van der Waals surface area contributed by atoms with Crippen molar-refractivity contribution >= 4 is 11.8 Å². The number of nitrogens with zero attached hydrogens (tertiary/aromatic N) is 3. The summed E-state index contributed by atoms with van der Waals surface area (Å²) >= 11 is 1.65. The minimum atomic E-state index is -0.366. The first kappa shape index (κ1) is 14.6. The van der Waals surface area contributed by atoms with Crippen LogP contribution in [-0.2, 0) is 0 Å². The molecule has 2 aromatic rings. The lowest BCUT2D eigenvalue weighted by molar-refractivity contribution is -0.484. The quantitative estimate of drug-likeness (QED) is 0.482. The minimum Gasteiger partial charge on any atom is -0.264 e. The lowest BCUT2D eigenvalue weighted by Crippen LogP contribution is -2.22. The molecule has 0 amide bonds. The molecule has 0 radical (unpaired) electrons. The smallest absolute Gasteiger partial charge is 0.230 e. The molecule has 20 heavy (non-hydrogen) atoms. The SMILES string of the molecule is CSc1ccc([C@@H](C[N+](=O)[O-])n2nc(C)cc2C)cc1. The van der Waals surface area contributed by atoms with Gasteiger partial charge in [0.25, 0.3) is 0 Å². The van der Waals surface area contributed by atoms with E-state index < -0.39 is 0 Å². The van der Waals surface area contributed by atoms with Crippen LogP contribution in [0.25, 0.3) is 0 Å². The largest absolute Gasteiger partial charge is 0.264 e. The van der Waals surface area contributed by atoms with Gasteiger partial charge in [-0.25, -0.2) is 0 Å². The summed E-state index contributed by atoms with van der Waals surface area (Å²) in [7, 11) is 0. The number of hydrogen-bond acceptors (Lipinski definition) is 4. The molecule has 0 saturated carbocycles. The summed E-state index contributed by atoms with van der Waals surface area (Å²) in [6.45, 7) is 3.65. The molecule has 2 rings (SSSR count). The Bertz CT molecular complexity index is 607. The van der Waals surface area contributed by atoms with Gasteiger partial charge in [-0.3, -0.25) is 14.8 Å². The fourth-order valence-corrected chi connectivity index (χ4v) is 2.66. The van der Waals surface area contributed by atoms with E-state index in [-0.39, 0.29) is 17.5 Å². The Morgan fingerprint density at radius 3 is 2.45 bits per heavy atom. The highest BCUT2D eigenvalue weighted by atomic mass is 32.2. The summed E-state index contributed by atoms with van der Waals surface area (Å²) in [4.78, 5) is 11.8. The van der Waals surface area contributed by atoms with Gasteiger partial charge >= 0.3 is 0 Å². The van der Waals surface area contributed by atoms with Crippen molar-refractivity contribution in [3.05, 3.63) is 57.4 Å². The molecule has 1 aromatic carbocycles. The van der Waals surface area contributed by atoms with Crippen molar-refractivity contribution in [2.45, 2.75) is 24.8 Å². The zero-order valence-electron chi connectivity index (χ0n) is 11.7. The second kappa shape index (κ2) is 6.09. The van der Waals surface area contributed by atoms with Gasteiger partial charge in [-0.1, -0.05) is 12.1 Å². The van der Waals surface area contributed by atoms with Crippen LogP contribution in [0.3, 0.4) is 0 Å². The highest BCUT2D eigenvalue weighted by Crippen LogP contribution is 2.23. The number of rotatable bonds is 5. The highest BCUT2D eigenvalue weighted by Gasteiger charge is 2.22. The zero-order chi connectivity index (χ0) is 14.7. The molecule has 0 bridgehead atoms. The van der Waals surface area contributed by atoms with Gasteiger partial charge in [0, 0.05) is 15.5 Å². The van der Waals surface area contributed by atoms with E-state index in [1.54, 1.807) is 16.4 Å². The van der Waals surface area contributed by atoms with Gasteiger partial charge in [0.15, 0.2) is 0 Å². The van der Waals surface area contributed by atoms with Crippen LogP contribution in [0.2, 0.25) is 0 Å². The second-order valence-corrected chi connectivity index (χ2v) is 5.56. The van der Waals surface area contributed by atoms with Gasteiger partial charge in [-0.15, -0.1) is 11.8 Å². The summed E-state index contributed by atoms with van der Waals surface area (Å²) in [5.74, 6) is 0. The van der Waals surface area contributed by atoms with E-state index in [0.29, 0.717) is 0 Å². The van der Waals surface area contributed by atoms with Crippen LogP contribution in [0.1, 0.15) is 23.0 Å². The lowest BCUT2D eigenvalue weighted by Gasteiger charge is -2.16. The van der Waals surface area contributed by atoms with E-state index in [1.807, 2.05) is 50.4 Å². The molecule has 0 fully saturated rings. The fourth-order valence-electron chi connectivity index (χ4n) is 2.25. The van der Waals surface area contributed by atoms with E-state index in [9.17, 15) is 10.1 Å². The average Bonchev–Trinajstić information content (AvgIpc) is 2.75. The normalized spacial score (nSPS) is 12.3. The maximum absolute atomic E-state index is 11.0. The van der Waals surface area contributed by atoms with Crippen molar-refractivity contribution in [3.8, 4) is 0 Å². The molecule has 106 valence electrons. The van der Waals surface area contributed by atoms with Gasteiger partial charge in [0.2, 0.25) is 6.54 Å². The summed E-state index contributed by atoms with van der Waals surface area (Å²) in [5.41, 5.74) is 2.71. The molecule has 0 aliphatic heterocycles. The number of hydrogen-bond donors (Lipinski definition) is 0. The van der Waals surface area contributed by atoms with Crippen LogP contribution >= 0.6 is 11.8 Å². The fraction of sp³-hybridized carbons (Fsp3) is 0.357. The third-order valence-corrected chi connectivity index (χ3v) is 3.91. The van der Waals surface area contributed by atoms with Crippen LogP contribution < -0.4 is 0 Å². The topological polar surface area (TPSA) is 61.0 Å². The van der Waals surface area contributed by atoms with E-state index in [4.69, 9.17) is 0 Å². The van der Waals surface area contributed by atoms with Crippen LogP contribution in [0.4, 0.5) is 0 Å². The standard InChI is InChI=1S/C14H17N3O2S/c1-10-8-11(2)17(15-10)14(9-16(18)19)12-4-6-13(20-3)7-5-12/h4-8,14H,9H2,1-3H3/t14-/m1/s1. The Labute approximate surface area is 122 Å². The Morgan fingerprint density at radius 1 is 1.35 bits per heavy atom. The highest BCUT2D eigenvalue weighted by molar-refractivity contribution is 7.98. The Morgan fingerprint density at radius 2 is 2.00 bits per heavy atom. The maximum Gasteiger partial charge on any atom is 0.230 e. The number of thioether (sulfide) groups is 1. The average molecular weight is 291 g/mol.